The second-order valence-corrected chi connectivity index (χ2v) is 7.71. The molecule has 0 radical (unpaired) electrons. The average molecular weight is 374 g/mol. The summed E-state index contributed by atoms with van der Waals surface area (Å²) in [4.78, 5) is 11.4. The van der Waals surface area contributed by atoms with E-state index in [2.05, 4.69) is 37.0 Å². The standard InChI is InChI=1S/C21H30N2O4/c1-14(2)23-19(7-9-22(23)4)18-13-26-10-8-16(18)12-27-20-6-5-15(3)21(25)17(20)11-24/h5-7,11,14,16,18,25H,8-10,12-13H2,1-4H3. The SMILES string of the molecule is Cc1ccc(OCC2CCOCC2C2=CCN(C)N2C(C)C)c(C=O)c1O. The molecule has 1 N–H and O–H groups in total. The van der Waals surface area contributed by atoms with Crippen molar-refractivity contribution in [3.63, 3.8) is 0 Å². The van der Waals surface area contributed by atoms with Crippen molar-refractivity contribution >= 4 is 6.29 Å². The average Bonchev–Trinajstić information content (AvgIpc) is 3.04. The van der Waals surface area contributed by atoms with Crippen LogP contribution in [-0.4, -0.2) is 60.9 Å². The van der Waals surface area contributed by atoms with Crippen molar-refractivity contribution in [1.29, 1.82) is 0 Å². The van der Waals surface area contributed by atoms with Gasteiger partial charge in [0.05, 0.1) is 18.8 Å². The number of hydrogen-bond acceptors (Lipinski definition) is 6. The first kappa shape index (κ1) is 19.7. The van der Waals surface area contributed by atoms with Gasteiger partial charge in [0, 0.05) is 43.8 Å². The van der Waals surface area contributed by atoms with Crippen LogP contribution in [0.15, 0.2) is 23.9 Å². The van der Waals surface area contributed by atoms with Gasteiger partial charge in [-0.05, 0) is 44.9 Å². The first-order chi connectivity index (χ1) is 12.9. The lowest BCUT2D eigenvalue weighted by Gasteiger charge is -2.40. The van der Waals surface area contributed by atoms with Gasteiger partial charge in [0.15, 0.2) is 6.29 Å². The summed E-state index contributed by atoms with van der Waals surface area (Å²) in [5.74, 6) is 0.985. The summed E-state index contributed by atoms with van der Waals surface area (Å²) < 4.78 is 11.8. The number of carbonyl (C=O) groups excluding carboxylic acids is 1. The van der Waals surface area contributed by atoms with Crippen LogP contribution in [0.3, 0.4) is 0 Å². The van der Waals surface area contributed by atoms with E-state index in [-0.39, 0.29) is 17.2 Å². The Morgan fingerprint density at radius 2 is 2.19 bits per heavy atom. The maximum atomic E-state index is 11.4. The first-order valence-electron chi connectivity index (χ1n) is 9.62. The molecule has 2 unspecified atom stereocenters. The smallest absolute Gasteiger partial charge is 0.157 e. The minimum Gasteiger partial charge on any atom is -0.507 e. The van der Waals surface area contributed by atoms with E-state index >= 15 is 0 Å². The Balaban J connectivity index is 1.76. The van der Waals surface area contributed by atoms with Crippen LogP contribution in [0.25, 0.3) is 0 Å². The molecule has 0 bridgehead atoms. The molecule has 1 saturated heterocycles. The summed E-state index contributed by atoms with van der Waals surface area (Å²) >= 11 is 0. The van der Waals surface area contributed by atoms with E-state index in [0.717, 1.165) is 19.6 Å². The van der Waals surface area contributed by atoms with Crippen LogP contribution < -0.4 is 4.74 Å². The molecular weight excluding hydrogens is 344 g/mol. The van der Waals surface area contributed by atoms with Gasteiger partial charge in [-0.1, -0.05) is 6.07 Å². The first-order valence-corrected chi connectivity index (χ1v) is 9.62. The predicted octanol–water partition coefficient (Wildman–Crippen LogP) is 3.00. The lowest BCUT2D eigenvalue weighted by atomic mass is 9.86. The van der Waals surface area contributed by atoms with Gasteiger partial charge in [-0.25, -0.2) is 5.01 Å². The number of likely N-dealkylation sites (N-methyl/N-ethyl adjacent to an activating group) is 1. The third-order valence-corrected chi connectivity index (χ3v) is 5.52. The van der Waals surface area contributed by atoms with Crippen molar-refractivity contribution < 1.29 is 19.4 Å². The Kier molecular flexibility index (Phi) is 6.07. The number of aryl methyl sites for hydroxylation is 1. The molecule has 6 nitrogen and oxygen atoms in total. The molecule has 27 heavy (non-hydrogen) atoms. The fourth-order valence-corrected chi connectivity index (χ4v) is 4.06. The topological polar surface area (TPSA) is 62.2 Å². The van der Waals surface area contributed by atoms with Crippen LogP contribution >= 0.6 is 0 Å². The number of rotatable bonds is 6. The quantitative estimate of drug-likeness (QED) is 0.773. The highest BCUT2D eigenvalue weighted by Crippen LogP contribution is 2.36. The fraction of sp³-hybridized carbons (Fsp3) is 0.571. The number of hydrogen-bond donors (Lipinski definition) is 1. The van der Waals surface area contributed by atoms with Crippen molar-refractivity contribution in [2.45, 2.75) is 33.2 Å². The fourth-order valence-electron chi connectivity index (χ4n) is 4.06. The summed E-state index contributed by atoms with van der Waals surface area (Å²) in [6.45, 7) is 8.94. The van der Waals surface area contributed by atoms with Crippen molar-refractivity contribution in [3.8, 4) is 11.5 Å². The molecule has 0 aliphatic carbocycles. The van der Waals surface area contributed by atoms with E-state index in [1.165, 1.54) is 5.70 Å². The molecule has 1 aromatic carbocycles. The maximum Gasteiger partial charge on any atom is 0.157 e. The third-order valence-electron chi connectivity index (χ3n) is 5.52. The minimum absolute atomic E-state index is 0.00265. The summed E-state index contributed by atoms with van der Waals surface area (Å²) in [7, 11) is 2.10. The van der Waals surface area contributed by atoms with Gasteiger partial charge in [-0.15, -0.1) is 0 Å². The van der Waals surface area contributed by atoms with E-state index in [1.807, 2.05) is 0 Å². The molecule has 1 aromatic rings. The molecular formula is C21H30N2O4. The summed E-state index contributed by atoms with van der Waals surface area (Å²) in [5.41, 5.74) is 2.19. The normalized spacial score (nSPS) is 23.6. The molecule has 2 atom stereocenters. The summed E-state index contributed by atoms with van der Waals surface area (Å²) in [6.07, 6.45) is 3.85. The molecule has 0 saturated carbocycles. The Labute approximate surface area is 161 Å². The number of benzene rings is 1. The van der Waals surface area contributed by atoms with Gasteiger partial charge < -0.3 is 19.6 Å². The number of phenolic OH excluding ortho intramolecular Hbond substituents is 1. The van der Waals surface area contributed by atoms with Crippen LogP contribution in [0, 0.1) is 18.8 Å². The maximum absolute atomic E-state index is 11.4. The molecule has 3 rings (SSSR count). The van der Waals surface area contributed by atoms with Crippen LogP contribution in [0.5, 0.6) is 11.5 Å². The van der Waals surface area contributed by atoms with Gasteiger partial charge in [0.2, 0.25) is 0 Å². The van der Waals surface area contributed by atoms with E-state index < -0.39 is 0 Å². The lowest BCUT2D eigenvalue weighted by molar-refractivity contribution is -0.0270. The molecule has 0 spiro atoms. The largest absolute Gasteiger partial charge is 0.507 e. The van der Waals surface area contributed by atoms with Gasteiger partial charge in [0.1, 0.15) is 11.5 Å². The molecule has 2 aliphatic rings. The molecule has 2 heterocycles. The van der Waals surface area contributed by atoms with Gasteiger partial charge in [-0.3, -0.25) is 4.79 Å². The molecule has 0 aromatic heterocycles. The predicted molar refractivity (Wildman–Crippen MR) is 104 cm³/mol. The van der Waals surface area contributed by atoms with Crippen molar-refractivity contribution in [3.05, 3.63) is 35.0 Å². The zero-order valence-electron chi connectivity index (χ0n) is 16.6. The van der Waals surface area contributed by atoms with Gasteiger partial charge in [-0.2, -0.15) is 0 Å². The van der Waals surface area contributed by atoms with Crippen molar-refractivity contribution in [2.75, 3.05) is 33.4 Å². The van der Waals surface area contributed by atoms with Gasteiger partial charge in [0.25, 0.3) is 0 Å². The minimum atomic E-state index is -0.00265. The zero-order chi connectivity index (χ0) is 19.6. The lowest BCUT2D eigenvalue weighted by Crippen LogP contribution is -2.44. The van der Waals surface area contributed by atoms with E-state index in [0.29, 0.717) is 42.8 Å². The molecule has 1 fully saturated rings. The Bertz CT molecular complexity index is 716. The number of ether oxygens (including phenoxy) is 2. The van der Waals surface area contributed by atoms with Crippen LogP contribution in [0.4, 0.5) is 0 Å². The highest BCUT2D eigenvalue weighted by Gasteiger charge is 2.36. The van der Waals surface area contributed by atoms with Crippen LogP contribution in [0.2, 0.25) is 0 Å². The molecule has 2 aliphatic heterocycles. The molecule has 0 amide bonds. The number of nitrogens with zero attached hydrogens (tertiary/aromatic N) is 2. The highest BCUT2D eigenvalue weighted by molar-refractivity contribution is 5.84. The van der Waals surface area contributed by atoms with Gasteiger partial charge >= 0.3 is 0 Å². The Morgan fingerprint density at radius 3 is 2.89 bits per heavy atom. The highest BCUT2D eigenvalue weighted by atomic mass is 16.5. The molecule has 148 valence electrons. The third kappa shape index (κ3) is 3.96. The number of phenols is 1. The number of hydrazine groups is 1. The zero-order valence-corrected chi connectivity index (χ0v) is 16.6. The van der Waals surface area contributed by atoms with Crippen molar-refractivity contribution in [2.24, 2.45) is 11.8 Å². The van der Waals surface area contributed by atoms with Crippen LogP contribution in [-0.2, 0) is 4.74 Å². The summed E-state index contributed by atoms with van der Waals surface area (Å²) in [6, 6.07) is 3.91. The Hall–Kier alpha value is -2.05. The number of aldehydes is 1. The number of carbonyl (C=O) groups is 1. The second-order valence-electron chi connectivity index (χ2n) is 7.71. The van der Waals surface area contributed by atoms with E-state index in [9.17, 15) is 9.90 Å². The molecule has 6 heteroatoms. The Morgan fingerprint density at radius 1 is 1.41 bits per heavy atom. The van der Waals surface area contributed by atoms with E-state index in [4.69, 9.17) is 9.47 Å². The summed E-state index contributed by atoms with van der Waals surface area (Å²) in [5, 5.41) is 14.7. The second kappa shape index (κ2) is 8.31. The van der Waals surface area contributed by atoms with Crippen LogP contribution in [0.1, 0.15) is 36.2 Å². The van der Waals surface area contributed by atoms with E-state index in [1.54, 1.807) is 19.1 Å². The monoisotopic (exact) mass is 374 g/mol. The van der Waals surface area contributed by atoms with Crippen molar-refractivity contribution in [1.82, 2.24) is 10.0 Å². The number of aromatic hydroxyl groups is 1.